The minimum atomic E-state index is -1.23. The van der Waals surface area contributed by atoms with Gasteiger partial charge in [-0.1, -0.05) is 78.1 Å². The van der Waals surface area contributed by atoms with Crippen molar-refractivity contribution < 1.29 is 29.0 Å². The first-order valence-corrected chi connectivity index (χ1v) is 18.0. The van der Waals surface area contributed by atoms with Crippen molar-refractivity contribution in [1.29, 1.82) is 0 Å². The molecule has 0 radical (unpaired) electrons. The number of aliphatic hydroxyl groups is 1. The Balaban J connectivity index is 0.00000541. The second-order valence-corrected chi connectivity index (χ2v) is 13.9. The normalized spacial score (nSPS) is 22.5. The van der Waals surface area contributed by atoms with Crippen molar-refractivity contribution >= 4 is 70.7 Å². The van der Waals surface area contributed by atoms with Gasteiger partial charge in [-0.2, -0.15) is 11.4 Å². The van der Waals surface area contributed by atoms with Crippen LogP contribution >= 0.6 is 0 Å². The molecule has 53 heavy (non-hydrogen) atoms. The fraction of sp³-hybridized carbons (Fsp3) is 0.405. The predicted molar refractivity (Wildman–Crippen MR) is 206 cm³/mol. The summed E-state index contributed by atoms with van der Waals surface area (Å²) in [5, 5.41) is 15.8. The van der Waals surface area contributed by atoms with Crippen LogP contribution in [0.15, 0.2) is 29.6 Å². The number of hydrogen-bond donors (Lipinski definition) is 1. The number of nitrogens with zero attached hydrogens (tertiary/aromatic N) is 4. The second kappa shape index (κ2) is 16.4. The minimum Gasteiger partial charge on any atom is -0.664 e. The summed E-state index contributed by atoms with van der Waals surface area (Å²) in [6.45, 7) is 16.3. The predicted octanol–water partition coefficient (Wildman–Crippen LogP) is 4.70. The van der Waals surface area contributed by atoms with Gasteiger partial charge in [0.25, 0.3) is 0 Å². The van der Waals surface area contributed by atoms with E-state index < -0.39 is 11.9 Å². The number of ketones is 1. The third kappa shape index (κ3) is 7.31. The molecule has 1 aliphatic carbocycles. The molecule has 0 unspecified atom stereocenters. The van der Waals surface area contributed by atoms with Crippen LogP contribution in [0, 0.1) is 38.5 Å². The number of esters is 2. The molecule has 1 fully saturated rings. The summed E-state index contributed by atoms with van der Waals surface area (Å²) in [5.74, 6) is -3.18. The van der Waals surface area contributed by atoms with Crippen molar-refractivity contribution in [2.75, 3.05) is 20.3 Å². The van der Waals surface area contributed by atoms with E-state index in [1.807, 2.05) is 58.1 Å². The third-order valence-electron chi connectivity index (χ3n) is 10.8. The summed E-state index contributed by atoms with van der Waals surface area (Å²) in [6, 6.07) is 0. The molecule has 1 saturated heterocycles. The number of rotatable bonds is 11. The molecule has 0 spiro atoms. The molecule has 8 bridgehead atoms. The monoisotopic (exact) mass is 726 g/mol. The summed E-state index contributed by atoms with van der Waals surface area (Å²) in [7, 11) is 1.27. The zero-order valence-electron chi connectivity index (χ0n) is 31.8. The van der Waals surface area contributed by atoms with E-state index in [0.29, 0.717) is 46.6 Å². The Labute approximate surface area is 326 Å². The number of fused-ring (bicyclic) bond motifs is 7. The smallest absolute Gasteiger partial charge is 0.664 e. The molecular weight excluding hydrogens is 681 g/mol. The molecule has 1 N–H and O–H groups in total. The van der Waals surface area contributed by atoms with Gasteiger partial charge in [0, 0.05) is 18.6 Å². The first kappa shape index (κ1) is 39.9. The topological polar surface area (TPSA) is 146 Å². The van der Waals surface area contributed by atoms with Crippen molar-refractivity contribution in [3.05, 3.63) is 102 Å². The Bertz CT molecular complexity index is 2190. The zero-order chi connectivity index (χ0) is 37.4. The summed E-state index contributed by atoms with van der Waals surface area (Å²) in [4.78, 5) is 55.8. The van der Waals surface area contributed by atoms with Crippen molar-refractivity contribution in [2.24, 2.45) is 17.8 Å². The van der Waals surface area contributed by atoms with Crippen molar-refractivity contribution in [1.82, 2.24) is 15.0 Å². The molecule has 10 nitrogen and oxygen atoms in total. The number of allylic oxidation sites excluding steroid dienone is 3. The van der Waals surface area contributed by atoms with Crippen molar-refractivity contribution in [3.8, 4) is 0 Å². The number of aromatic nitrogens is 3. The van der Waals surface area contributed by atoms with Crippen LogP contribution in [0.1, 0.15) is 107 Å². The third-order valence-corrected chi connectivity index (χ3v) is 10.8. The molecule has 3 aromatic heterocycles. The maximum Gasteiger partial charge on any atom is 2.00 e. The van der Waals surface area contributed by atoms with E-state index in [1.165, 1.54) is 7.11 Å². The molecule has 3 aliphatic rings. The van der Waals surface area contributed by atoms with E-state index in [9.17, 15) is 14.4 Å². The molecule has 0 aromatic carbocycles. The van der Waals surface area contributed by atoms with Gasteiger partial charge >= 0.3 is 35.0 Å². The number of carbonyl (C=O) groups is 3. The molecule has 3 aromatic rings. The van der Waals surface area contributed by atoms with E-state index in [-0.39, 0.29) is 66.3 Å². The zero-order valence-corrected chi connectivity index (χ0v) is 33.2. The second-order valence-electron chi connectivity index (χ2n) is 13.9. The Kier molecular flexibility index (Phi) is 12.3. The summed E-state index contributed by atoms with van der Waals surface area (Å²) in [5.41, 5.74) is 10.3. The Morgan fingerprint density at radius 3 is 2.38 bits per heavy atom. The van der Waals surface area contributed by atoms with Crippen LogP contribution in [0.2, 0.25) is 0 Å². The van der Waals surface area contributed by atoms with Gasteiger partial charge < -0.3 is 34.8 Å². The van der Waals surface area contributed by atoms with E-state index >= 15 is 0 Å². The largest absolute Gasteiger partial charge is 2.00 e. The molecule has 2 aliphatic heterocycles. The number of methoxy groups -OCH3 is 1. The molecule has 0 saturated carbocycles. The maximum atomic E-state index is 14.2. The van der Waals surface area contributed by atoms with Crippen LogP contribution in [-0.2, 0) is 25.5 Å². The Morgan fingerprint density at radius 2 is 1.70 bits per heavy atom. The van der Waals surface area contributed by atoms with E-state index in [1.54, 1.807) is 0 Å². The summed E-state index contributed by atoms with van der Waals surface area (Å²) >= 11 is 0. The van der Waals surface area contributed by atoms with Gasteiger partial charge in [0.15, 0.2) is 5.78 Å². The summed E-state index contributed by atoms with van der Waals surface area (Å²) < 4.78 is 10.8. The molecule has 11 heteroatoms. The average Bonchev–Trinajstić information content (AvgIpc) is 3.86. The number of Topliss-reactive ketones (excluding diaryl/α,β-unsaturated/α-hetero) is 1. The quantitative estimate of drug-likeness (QED) is 0.129. The molecule has 5 heterocycles. The Hall–Kier alpha value is -4.32. The van der Waals surface area contributed by atoms with E-state index in [4.69, 9.17) is 34.8 Å². The minimum absolute atomic E-state index is 0. The van der Waals surface area contributed by atoms with E-state index in [0.717, 1.165) is 68.5 Å². The van der Waals surface area contributed by atoms with Crippen molar-refractivity contribution in [3.63, 3.8) is 0 Å². The van der Waals surface area contributed by atoms with Crippen LogP contribution in [0.4, 0.5) is 0 Å². The van der Waals surface area contributed by atoms with Gasteiger partial charge in [0.05, 0.1) is 7.11 Å². The van der Waals surface area contributed by atoms with Gasteiger partial charge in [0.1, 0.15) is 12.5 Å². The fourth-order valence-corrected chi connectivity index (χ4v) is 7.73. The van der Waals surface area contributed by atoms with Gasteiger partial charge in [-0.05, 0) is 76.9 Å². The number of carbonyl (C=O) groups excluding carboxylic acids is 3. The molecule has 274 valence electrons. The average molecular weight is 727 g/mol. The Morgan fingerprint density at radius 1 is 0.981 bits per heavy atom. The summed E-state index contributed by atoms with van der Waals surface area (Å²) in [6.07, 6.45) is 12.1. The molecule has 3 atom stereocenters. The molecular formula is C42H46MgN4O6-2. The van der Waals surface area contributed by atoms with Gasteiger partial charge in [-0.3, -0.25) is 14.4 Å². The van der Waals surface area contributed by atoms with Crippen molar-refractivity contribution in [2.45, 2.75) is 73.6 Å². The van der Waals surface area contributed by atoms with Crippen LogP contribution < -0.4 is 25.7 Å². The SMILES string of the molecule is C=Cc1c2[n-]c(c1C)/C=C1\[N-]/C(=C3\c4[n-]c(c(C)c4C(=O)[C@@H]3C(=O)OC)/C=c3\[n-]/c(c(C)c3CC)=C\2)[C@@H](CCC(=O)OC/C=C(/C)CCCO)[C@@H]1C.[Mg+2]. The first-order valence-electron chi connectivity index (χ1n) is 18.0. The number of hydrogen-bond acceptors (Lipinski definition) is 6. The van der Waals surface area contributed by atoms with Crippen LogP contribution in [-0.4, -0.2) is 66.2 Å². The first-order chi connectivity index (χ1) is 24.9. The van der Waals surface area contributed by atoms with Crippen LogP contribution in [0.5, 0.6) is 0 Å². The molecule has 0 amide bonds. The van der Waals surface area contributed by atoms with Crippen LogP contribution in [0.3, 0.4) is 0 Å². The van der Waals surface area contributed by atoms with Gasteiger partial charge in [0.2, 0.25) is 0 Å². The van der Waals surface area contributed by atoms with Gasteiger partial charge in [-0.25, -0.2) is 0 Å². The van der Waals surface area contributed by atoms with Crippen LogP contribution in [0.25, 0.3) is 35.2 Å². The number of aliphatic hydroxyl groups excluding tert-OH is 1. The molecule has 6 rings (SSSR count). The fourth-order valence-electron chi connectivity index (χ4n) is 7.73. The maximum absolute atomic E-state index is 14.2. The standard InChI is InChI=1S/C42H47N4O6.Mg/c1-9-26-22(4)29-18-31-24(6)28(13-14-35(48)52-17-15-21(3)12-11-16-47)39(45-31)37-38(42(50)51-8)41(49)36-25(7)32(46-40(36)37)20-34-27(10-2)23(5)30(44-34)19-33(26)43-29;/h9,15,18-20,24,28,38,47H,1,10-14,16-17H2,2-8H3,(H-,45,46,49);/q-3;+2/p-1/b21-15-,30-19-,31-18-,34-20-;/t24-,28-,38+;/m0./s1. The van der Waals surface area contributed by atoms with Gasteiger partial charge in [-0.15, -0.1) is 33.5 Å². The number of ether oxygens (including phenoxy) is 2. The van der Waals surface area contributed by atoms with E-state index in [2.05, 4.69) is 20.4 Å².